The first-order chi connectivity index (χ1) is 8.45. The number of anilines is 2. The maximum Gasteiger partial charge on any atom is 0.433 e. The molecule has 2 rings (SSSR count). The summed E-state index contributed by atoms with van der Waals surface area (Å²) in [6.07, 6.45) is -0.319. The van der Waals surface area contributed by atoms with Gasteiger partial charge in [-0.15, -0.1) is 0 Å². The molecule has 4 nitrogen and oxygen atoms in total. The van der Waals surface area contributed by atoms with Crippen LogP contribution < -0.4 is 5.32 Å². The van der Waals surface area contributed by atoms with Gasteiger partial charge in [-0.05, 0) is 28.1 Å². The maximum absolute atomic E-state index is 12.3. The van der Waals surface area contributed by atoms with E-state index in [9.17, 15) is 13.2 Å². The van der Waals surface area contributed by atoms with Crippen molar-refractivity contribution in [3.8, 4) is 0 Å². The number of alkyl halides is 3. The van der Waals surface area contributed by atoms with E-state index in [0.717, 1.165) is 12.3 Å². The lowest BCUT2D eigenvalue weighted by molar-refractivity contribution is -0.141. The largest absolute Gasteiger partial charge is 0.433 e. The molecular weight excluding hydrogens is 313 g/mol. The molecule has 0 saturated heterocycles. The molecule has 0 unspecified atom stereocenters. The lowest BCUT2D eigenvalue weighted by Gasteiger charge is -2.07. The summed E-state index contributed by atoms with van der Waals surface area (Å²) in [6.45, 7) is 0. The normalized spacial score (nSPS) is 11.3. The molecule has 18 heavy (non-hydrogen) atoms. The smallest absolute Gasteiger partial charge is 0.323 e. The van der Waals surface area contributed by atoms with Crippen LogP contribution in [0.3, 0.4) is 0 Å². The van der Waals surface area contributed by atoms with Crippen molar-refractivity contribution in [1.82, 2.24) is 15.0 Å². The van der Waals surface area contributed by atoms with Gasteiger partial charge in [0, 0.05) is 12.4 Å². The van der Waals surface area contributed by atoms with E-state index in [1.165, 1.54) is 18.5 Å². The first kappa shape index (κ1) is 12.7. The summed E-state index contributed by atoms with van der Waals surface area (Å²) in [5.74, 6) is 0.278. The van der Waals surface area contributed by atoms with Crippen LogP contribution in [0.4, 0.5) is 24.8 Å². The third-order valence-electron chi connectivity index (χ3n) is 1.93. The predicted octanol–water partition coefficient (Wildman–Crippen LogP) is 3.40. The molecule has 94 valence electrons. The monoisotopic (exact) mass is 318 g/mol. The quantitative estimate of drug-likeness (QED) is 0.922. The predicted molar refractivity (Wildman–Crippen MR) is 62.3 cm³/mol. The van der Waals surface area contributed by atoms with Crippen molar-refractivity contribution in [3.05, 3.63) is 40.9 Å². The van der Waals surface area contributed by atoms with Gasteiger partial charge in [-0.1, -0.05) is 0 Å². The molecule has 0 saturated carbocycles. The summed E-state index contributed by atoms with van der Waals surface area (Å²) in [6, 6.07) is 2.16. The maximum atomic E-state index is 12.3. The second-order valence-corrected chi connectivity index (χ2v) is 4.20. The Bertz CT molecular complexity index is 524. The van der Waals surface area contributed by atoms with Crippen LogP contribution in [0.15, 0.2) is 35.2 Å². The van der Waals surface area contributed by atoms with Gasteiger partial charge in [0.25, 0.3) is 0 Å². The second kappa shape index (κ2) is 4.89. The zero-order valence-corrected chi connectivity index (χ0v) is 10.3. The third-order valence-corrected chi connectivity index (χ3v) is 2.34. The summed E-state index contributed by atoms with van der Waals surface area (Å²) in [5, 5.41) is 2.74. The van der Waals surface area contributed by atoms with Gasteiger partial charge in [-0.3, -0.25) is 0 Å². The highest BCUT2D eigenvalue weighted by molar-refractivity contribution is 9.10. The fraction of sp³-hybridized carbons (Fsp3) is 0.100. The van der Waals surface area contributed by atoms with E-state index in [-0.39, 0.29) is 5.95 Å². The van der Waals surface area contributed by atoms with Crippen LogP contribution >= 0.6 is 15.9 Å². The minimum absolute atomic E-state index is 0.278. The number of nitrogens with one attached hydrogen (secondary N) is 1. The van der Waals surface area contributed by atoms with Gasteiger partial charge in [0.1, 0.15) is 5.69 Å². The molecule has 2 heterocycles. The Morgan fingerprint density at radius 3 is 2.17 bits per heavy atom. The Balaban J connectivity index is 2.13. The number of halogens is 4. The van der Waals surface area contributed by atoms with Gasteiger partial charge in [0.15, 0.2) is 0 Å². The van der Waals surface area contributed by atoms with Crippen LogP contribution in [0.5, 0.6) is 0 Å². The molecule has 8 heteroatoms. The number of rotatable bonds is 2. The van der Waals surface area contributed by atoms with E-state index in [2.05, 4.69) is 36.2 Å². The zero-order valence-electron chi connectivity index (χ0n) is 8.74. The molecule has 0 aliphatic rings. The minimum atomic E-state index is -4.44. The van der Waals surface area contributed by atoms with Crippen molar-refractivity contribution in [2.75, 3.05) is 5.32 Å². The first-order valence-corrected chi connectivity index (χ1v) is 5.52. The lowest BCUT2D eigenvalue weighted by Crippen LogP contribution is -2.07. The standard InChI is InChI=1S/C10H6BrF3N4/c11-6-3-16-9(17-4-6)18-7-1-2-8(15-5-7)10(12,13)14/h1-5H,(H,16,17,18). The van der Waals surface area contributed by atoms with Crippen molar-refractivity contribution in [2.45, 2.75) is 6.18 Å². The highest BCUT2D eigenvalue weighted by Gasteiger charge is 2.31. The highest BCUT2D eigenvalue weighted by atomic mass is 79.9. The Labute approximate surface area is 108 Å². The van der Waals surface area contributed by atoms with Crippen molar-refractivity contribution in [2.24, 2.45) is 0 Å². The Morgan fingerprint density at radius 2 is 1.67 bits per heavy atom. The van der Waals surface area contributed by atoms with Gasteiger partial charge in [-0.2, -0.15) is 13.2 Å². The SMILES string of the molecule is FC(F)(F)c1ccc(Nc2ncc(Br)cn2)cn1. The van der Waals surface area contributed by atoms with Crippen molar-refractivity contribution < 1.29 is 13.2 Å². The summed E-state index contributed by atoms with van der Waals surface area (Å²) in [7, 11) is 0. The molecule has 2 aromatic rings. The van der Waals surface area contributed by atoms with Crippen LogP contribution in [0.2, 0.25) is 0 Å². The van der Waals surface area contributed by atoms with E-state index in [0.29, 0.717) is 10.2 Å². The topological polar surface area (TPSA) is 50.7 Å². The van der Waals surface area contributed by atoms with E-state index >= 15 is 0 Å². The van der Waals surface area contributed by atoms with E-state index in [4.69, 9.17) is 0 Å². The summed E-state index contributed by atoms with van der Waals surface area (Å²) < 4.78 is 37.5. The number of nitrogens with zero attached hydrogens (tertiary/aromatic N) is 3. The molecule has 0 fully saturated rings. The number of aromatic nitrogens is 3. The average molecular weight is 319 g/mol. The third kappa shape index (κ3) is 3.16. The van der Waals surface area contributed by atoms with E-state index in [1.54, 1.807) is 0 Å². The Kier molecular flexibility index (Phi) is 3.46. The van der Waals surface area contributed by atoms with Crippen LogP contribution in [-0.4, -0.2) is 15.0 Å². The highest BCUT2D eigenvalue weighted by Crippen LogP contribution is 2.28. The number of hydrogen-bond acceptors (Lipinski definition) is 4. The molecule has 0 bridgehead atoms. The minimum Gasteiger partial charge on any atom is -0.323 e. The van der Waals surface area contributed by atoms with E-state index in [1.807, 2.05) is 0 Å². The van der Waals surface area contributed by atoms with Crippen LogP contribution in [0.25, 0.3) is 0 Å². The van der Waals surface area contributed by atoms with Gasteiger partial charge in [-0.25, -0.2) is 15.0 Å². The van der Waals surface area contributed by atoms with Crippen LogP contribution in [0.1, 0.15) is 5.69 Å². The summed E-state index contributed by atoms with van der Waals surface area (Å²) >= 11 is 3.17. The summed E-state index contributed by atoms with van der Waals surface area (Å²) in [4.78, 5) is 11.2. The Hall–Kier alpha value is -1.70. The summed E-state index contributed by atoms with van der Waals surface area (Å²) in [5.41, 5.74) is -0.560. The fourth-order valence-corrected chi connectivity index (χ4v) is 1.35. The van der Waals surface area contributed by atoms with Crippen molar-refractivity contribution in [3.63, 3.8) is 0 Å². The molecule has 0 atom stereocenters. The van der Waals surface area contributed by atoms with Crippen LogP contribution in [-0.2, 0) is 6.18 Å². The Morgan fingerprint density at radius 1 is 1.00 bits per heavy atom. The molecule has 0 aromatic carbocycles. The van der Waals surface area contributed by atoms with Gasteiger partial charge in [0.05, 0.1) is 16.4 Å². The molecule has 0 spiro atoms. The van der Waals surface area contributed by atoms with Crippen molar-refractivity contribution in [1.29, 1.82) is 0 Å². The van der Waals surface area contributed by atoms with Crippen molar-refractivity contribution >= 4 is 27.6 Å². The molecule has 2 aromatic heterocycles. The second-order valence-electron chi connectivity index (χ2n) is 3.28. The molecule has 0 aliphatic carbocycles. The fourth-order valence-electron chi connectivity index (χ4n) is 1.14. The van der Waals surface area contributed by atoms with Gasteiger partial charge in [0.2, 0.25) is 5.95 Å². The molecular formula is C10H6BrF3N4. The van der Waals surface area contributed by atoms with Gasteiger partial charge >= 0.3 is 6.18 Å². The molecule has 1 N–H and O–H groups in total. The van der Waals surface area contributed by atoms with Gasteiger partial charge < -0.3 is 5.32 Å². The van der Waals surface area contributed by atoms with E-state index < -0.39 is 11.9 Å². The average Bonchev–Trinajstić information content (AvgIpc) is 2.32. The first-order valence-electron chi connectivity index (χ1n) is 4.73. The molecule has 0 aliphatic heterocycles. The molecule has 0 radical (unpaired) electrons. The molecule has 0 amide bonds. The lowest BCUT2D eigenvalue weighted by atomic mass is 10.3. The van der Waals surface area contributed by atoms with Crippen LogP contribution in [0, 0.1) is 0 Å². The number of hydrogen-bond donors (Lipinski definition) is 1. The number of pyridine rings is 1. The zero-order chi connectivity index (χ0) is 13.2.